The Balaban J connectivity index is 2.60. The molecule has 0 saturated heterocycles. The maximum absolute atomic E-state index is 11.6. The number of carbonyl (C=O) groups excluding carboxylic acids is 1. The van der Waals surface area contributed by atoms with Gasteiger partial charge in [0.25, 0.3) is 0 Å². The van der Waals surface area contributed by atoms with Crippen molar-refractivity contribution < 1.29 is 17.9 Å². The van der Waals surface area contributed by atoms with Crippen LogP contribution in [0.4, 0.5) is 11.4 Å². The zero-order valence-electron chi connectivity index (χ0n) is 10.0. The Morgan fingerprint density at radius 3 is 2.67 bits per heavy atom. The van der Waals surface area contributed by atoms with Crippen molar-refractivity contribution in [1.82, 2.24) is 0 Å². The van der Waals surface area contributed by atoms with Gasteiger partial charge in [0, 0.05) is 7.11 Å². The smallest absolute Gasteiger partial charge is 0.239 e. The van der Waals surface area contributed by atoms with E-state index in [0.717, 1.165) is 0 Å². The maximum Gasteiger partial charge on any atom is 0.239 e. The molecule has 0 aromatic heterocycles. The summed E-state index contributed by atoms with van der Waals surface area (Å²) in [6, 6.07) is 6.65. The van der Waals surface area contributed by atoms with Gasteiger partial charge < -0.3 is 15.8 Å². The number of sulfone groups is 1. The Kier molecular flexibility index (Phi) is 5.11. The van der Waals surface area contributed by atoms with Crippen molar-refractivity contribution in [2.45, 2.75) is 0 Å². The second-order valence-electron chi connectivity index (χ2n) is 3.72. The van der Waals surface area contributed by atoms with Crippen LogP contribution in [0.3, 0.4) is 0 Å². The van der Waals surface area contributed by atoms with E-state index in [9.17, 15) is 13.2 Å². The number of para-hydroxylation sites is 2. The Labute approximate surface area is 106 Å². The van der Waals surface area contributed by atoms with Crippen LogP contribution in [0.25, 0.3) is 0 Å². The van der Waals surface area contributed by atoms with Gasteiger partial charge in [-0.15, -0.1) is 0 Å². The van der Waals surface area contributed by atoms with E-state index in [4.69, 9.17) is 5.73 Å². The average Bonchev–Trinajstić information content (AvgIpc) is 2.29. The number of benzene rings is 1. The molecule has 100 valence electrons. The predicted molar refractivity (Wildman–Crippen MR) is 70.0 cm³/mol. The molecule has 1 aromatic rings. The summed E-state index contributed by atoms with van der Waals surface area (Å²) in [5.74, 6) is -1.37. The number of nitrogens with one attached hydrogen (secondary N) is 1. The van der Waals surface area contributed by atoms with Crippen molar-refractivity contribution in [2.75, 3.05) is 36.3 Å². The van der Waals surface area contributed by atoms with Gasteiger partial charge in [-0.25, -0.2) is 8.42 Å². The topological polar surface area (TPSA) is 98.5 Å². The quantitative estimate of drug-likeness (QED) is 0.724. The summed E-state index contributed by atoms with van der Waals surface area (Å²) in [7, 11) is -2.05. The van der Waals surface area contributed by atoms with Gasteiger partial charge in [0.05, 0.1) is 23.7 Å². The summed E-state index contributed by atoms with van der Waals surface area (Å²) >= 11 is 0. The minimum Gasteiger partial charge on any atom is -0.397 e. The molecule has 0 aliphatic carbocycles. The summed E-state index contributed by atoms with van der Waals surface area (Å²) in [6.07, 6.45) is 0. The number of ether oxygens (including phenoxy) is 1. The van der Waals surface area contributed by atoms with Crippen LogP contribution in [-0.4, -0.2) is 39.5 Å². The van der Waals surface area contributed by atoms with Crippen LogP contribution in [0, 0.1) is 0 Å². The zero-order valence-corrected chi connectivity index (χ0v) is 10.9. The van der Waals surface area contributed by atoms with Crippen molar-refractivity contribution in [3.8, 4) is 0 Å². The van der Waals surface area contributed by atoms with Gasteiger partial charge in [-0.2, -0.15) is 0 Å². The fraction of sp³-hybridized carbons (Fsp3) is 0.364. The van der Waals surface area contributed by atoms with E-state index < -0.39 is 21.5 Å². The maximum atomic E-state index is 11.6. The normalized spacial score (nSPS) is 11.2. The first-order chi connectivity index (χ1) is 8.44. The third-order valence-corrected chi connectivity index (χ3v) is 3.68. The van der Waals surface area contributed by atoms with E-state index in [1.54, 1.807) is 24.3 Å². The number of carbonyl (C=O) groups is 1. The number of amides is 1. The van der Waals surface area contributed by atoms with Crippen LogP contribution in [0.1, 0.15) is 0 Å². The highest BCUT2D eigenvalue weighted by Gasteiger charge is 2.16. The third kappa shape index (κ3) is 4.72. The van der Waals surface area contributed by atoms with Crippen LogP contribution in [0.5, 0.6) is 0 Å². The van der Waals surface area contributed by atoms with E-state index >= 15 is 0 Å². The summed E-state index contributed by atoms with van der Waals surface area (Å²) in [6.45, 7) is 0.0725. The van der Waals surface area contributed by atoms with Gasteiger partial charge in [-0.05, 0) is 12.1 Å². The lowest BCUT2D eigenvalue weighted by Gasteiger charge is -2.08. The predicted octanol–water partition coefficient (Wildman–Crippen LogP) is 0.268. The highest BCUT2D eigenvalue weighted by molar-refractivity contribution is 7.92. The molecule has 0 fully saturated rings. The summed E-state index contributed by atoms with van der Waals surface area (Å²) in [4.78, 5) is 11.6. The summed E-state index contributed by atoms with van der Waals surface area (Å²) in [5, 5.41) is 2.46. The fourth-order valence-electron chi connectivity index (χ4n) is 1.28. The lowest BCUT2D eigenvalue weighted by atomic mass is 10.3. The van der Waals surface area contributed by atoms with Crippen molar-refractivity contribution in [2.24, 2.45) is 0 Å². The second-order valence-corrected chi connectivity index (χ2v) is 5.90. The van der Waals surface area contributed by atoms with Crippen LogP contribution < -0.4 is 11.1 Å². The number of anilines is 2. The first-order valence-corrected chi connectivity index (χ1v) is 7.10. The van der Waals surface area contributed by atoms with Crippen molar-refractivity contribution in [3.63, 3.8) is 0 Å². The molecule has 0 unspecified atom stereocenters. The number of hydrogen-bond donors (Lipinski definition) is 2. The van der Waals surface area contributed by atoms with Crippen LogP contribution >= 0.6 is 0 Å². The van der Waals surface area contributed by atoms with E-state index in [2.05, 4.69) is 10.1 Å². The molecule has 0 aliphatic heterocycles. The molecule has 1 amide bonds. The fourth-order valence-corrected chi connectivity index (χ4v) is 2.32. The highest BCUT2D eigenvalue weighted by Crippen LogP contribution is 2.16. The molecule has 18 heavy (non-hydrogen) atoms. The Bertz CT molecular complexity index is 514. The number of methoxy groups -OCH3 is 1. The molecule has 0 spiro atoms. The molecule has 1 aromatic carbocycles. The summed E-state index contributed by atoms with van der Waals surface area (Å²) in [5.41, 5.74) is 6.42. The Hall–Kier alpha value is -1.60. The van der Waals surface area contributed by atoms with Gasteiger partial charge in [-0.1, -0.05) is 12.1 Å². The first-order valence-electron chi connectivity index (χ1n) is 5.28. The van der Waals surface area contributed by atoms with Gasteiger partial charge in [0.15, 0.2) is 9.84 Å². The number of hydrogen-bond acceptors (Lipinski definition) is 5. The molecule has 0 atom stereocenters. The molecule has 7 heteroatoms. The first kappa shape index (κ1) is 14.5. The second kappa shape index (κ2) is 6.36. The molecule has 0 aliphatic rings. The van der Waals surface area contributed by atoms with E-state index in [-0.39, 0.29) is 12.4 Å². The van der Waals surface area contributed by atoms with E-state index in [1.807, 2.05) is 0 Å². The van der Waals surface area contributed by atoms with Crippen LogP contribution in [-0.2, 0) is 19.4 Å². The molecule has 0 saturated carbocycles. The van der Waals surface area contributed by atoms with Gasteiger partial charge in [0.2, 0.25) is 5.91 Å². The van der Waals surface area contributed by atoms with Crippen molar-refractivity contribution in [1.29, 1.82) is 0 Å². The highest BCUT2D eigenvalue weighted by atomic mass is 32.2. The number of rotatable bonds is 6. The summed E-state index contributed by atoms with van der Waals surface area (Å²) < 4.78 is 27.7. The molecule has 0 radical (unpaired) electrons. The molecule has 0 heterocycles. The van der Waals surface area contributed by atoms with Gasteiger partial charge in [0.1, 0.15) is 5.75 Å². The SMILES string of the molecule is COCCS(=O)(=O)CC(=O)Nc1ccccc1N. The lowest BCUT2D eigenvalue weighted by molar-refractivity contribution is -0.113. The Morgan fingerprint density at radius 2 is 2.06 bits per heavy atom. The van der Waals surface area contributed by atoms with Crippen molar-refractivity contribution >= 4 is 27.1 Å². The molecule has 3 N–H and O–H groups in total. The number of nitrogens with two attached hydrogens (primary N) is 1. The zero-order chi connectivity index (χ0) is 13.6. The molecule has 6 nitrogen and oxygen atoms in total. The van der Waals surface area contributed by atoms with E-state index in [1.165, 1.54) is 7.11 Å². The monoisotopic (exact) mass is 272 g/mol. The lowest BCUT2D eigenvalue weighted by Crippen LogP contribution is -2.26. The molecule has 1 rings (SSSR count). The minimum absolute atomic E-state index is 0.0725. The standard InChI is InChI=1S/C11H16N2O4S/c1-17-6-7-18(15,16)8-11(14)13-10-5-3-2-4-9(10)12/h2-5H,6-8,12H2,1H3,(H,13,14). The van der Waals surface area contributed by atoms with Crippen LogP contribution in [0.15, 0.2) is 24.3 Å². The largest absolute Gasteiger partial charge is 0.397 e. The van der Waals surface area contributed by atoms with Crippen molar-refractivity contribution in [3.05, 3.63) is 24.3 Å². The van der Waals surface area contributed by atoms with Gasteiger partial charge >= 0.3 is 0 Å². The molecular formula is C11H16N2O4S. The molecular weight excluding hydrogens is 256 g/mol. The third-order valence-electron chi connectivity index (χ3n) is 2.18. The van der Waals surface area contributed by atoms with Crippen LogP contribution in [0.2, 0.25) is 0 Å². The minimum atomic E-state index is -3.45. The Morgan fingerprint density at radius 1 is 1.39 bits per heavy atom. The molecule has 0 bridgehead atoms. The van der Waals surface area contributed by atoms with E-state index in [0.29, 0.717) is 11.4 Å². The van der Waals surface area contributed by atoms with Gasteiger partial charge in [-0.3, -0.25) is 4.79 Å². The average molecular weight is 272 g/mol. The number of nitrogen functional groups attached to an aromatic ring is 1.